The number of hydrogen-bond acceptors (Lipinski definition) is 14. The quantitative estimate of drug-likeness (QED) is 0.0701. The molecule has 0 aromatic heterocycles. The van der Waals surface area contributed by atoms with Gasteiger partial charge < -0.3 is 67.3 Å². The van der Waals surface area contributed by atoms with E-state index in [0.717, 1.165) is 18.8 Å². The Labute approximate surface area is 326 Å². The van der Waals surface area contributed by atoms with Gasteiger partial charge in [-0.15, -0.1) is 0 Å². The Morgan fingerprint density at radius 2 is 0.537 bits per heavy atom. The zero-order valence-electron chi connectivity index (χ0n) is 33.5. The van der Waals surface area contributed by atoms with Gasteiger partial charge in [-0.2, -0.15) is 0 Å². The van der Waals surface area contributed by atoms with Crippen LogP contribution in [-0.4, -0.2) is 165 Å². The highest BCUT2D eigenvalue weighted by molar-refractivity contribution is 5.41. The van der Waals surface area contributed by atoms with Crippen molar-refractivity contribution in [1.29, 1.82) is 0 Å². The maximum absolute atomic E-state index is 5.65. The summed E-state index contributed by atoms with van der Waals surface area (Å²) in [5.74, 6) is 0.772. The van der Waals surface area contributed by atoms with Crippen LogP contribution in [0.1, 0.15) is 58.3 Å². The van der Waals surface area contributed by atoms with E-state index in [1.54, 1.807) is 12.1 Å². The van der Waals surface area contributed by atoms with Crippen molar-refractivity contribution >= 4 is 5.69 Å². The van der Waals surface area contributed by atoms with Gasteiger partial charge >= 0.3 is 0 Å². The molecule has 0 atom stereocenters. The topological polar surface area (TPSA) is 146 Å². The molecule has 14 heteroatoms. The summed E-state index contributed by atoms with van der Waals surface area (Å²) in [7, 11) is 0. The highest BCUT2D eigenvalue weighted by atomic mass is 16.6. The number of hydrogen-bond donors (Lipinski definition) is 1. The molecule has 0 saturated carbocycles. The summed E-state index contributed by atoms with van der Waals surface area (Å²) in [5.41, 5.74) is 6.36. The van der Waals surface area contributed by atoms with Crippen LogP contribution in [0.25, 0.3) is 0 Å². The molecule has 0 aliphatic heterocycles. The molecule has 0 heterocycles. The largest absolute Gasteiger partial charge is 0.491 e. The van der Waals surface area contributed by atoms with Crippen LogP contribution in [0.2, 0.25) is 0 Å². The van der Waals surface area contributed by atoms with E-state index >= 15 is 0 Å². The first kappa shape index (κ1) is 50.4. The van der Waals surface area contributed by atoms with Gasteiger partial charge in [-0.3, -0.25) is 0 Å². The number of rotatable bonds is 46. The molecule has 0 spiro atoms. The molecule has 14 nitrogen and oxygen atoms in total. The van der Waals surface area contributed by atoms with E-state index in [1.807, 2.05) is 12.1 Å². The first-order valence-corrected chi connectivity index (χ1v) is 20.2. The standard InChI is InChI=1S/C40H75NO13/c1-2-3-4-5-6-7-8-9-14-42-15-16-43-17-18-44-19-20-45-21-22-46-23-24-47-25-26-48-27-28-49-29-30-50-31-32-51-33-34-52-35-36-53-37-38-54-40-12-10-39(41)11-13-40/h10-13H,2-9,14-38,41H2,1H3. The number of unbranched alkanes of at least 4 members (excludes halogenated alkanes) is 7. The third kappa shape index (κ3) is 40.0. The molecular formula is C40H75NO13. The Balaban J connectivity index is 1.60. The summed E-state index contributed by atoms with van der Waals surface area (Å²) in [5, 5.41) is 0. The Kier molecular flexibility index (Phi) is 41.1. The van der Waals surface area contributed by atoms with Gasteiger partial charge in [0.25, 0.3) is 0 Å². The first-order valence-electron chi connectivity index (χ1n) is 20.2. The monoisotopic (exact) mass is 778 g/mol. The predicted molar refractivity (Wildman–Crippen MR) is 209 cm³/mol. The molecule has 0 fully saturated rings. The lowest BCUT2D eigenvalue weighted by molar-refractivity contribution is -0.0285. The lowest BCUT2D eigenvalue weighted by atomic mass is 10.1. The summed E-state index contributed by atoms with van der Waals surface area (Å²) in [6, 6.07) is 7.27. The minimum Gasteiger partial charge on any atom is -0.491 e. The maximum atomic E-state index is 5.65. The van der Waals surface area contributed by atoms with Crippen LogP contribution in [0.3, 0.4) is 0 Å². The molecule has 0 aliphatic carbocycles. The molecule has 1 rings (SSSR count). The SMILES string of the molecule is CCCCCCCCCCOCCOCCOCCOCCOCCOCCOCCOCCOCCOCCOCCOCCOc1ccc(N)cc1. The van der Waals surface area contributed by atoms with E-state index in [2.05, 4.69) is 6.92 Å². The Bertz CT molecular complexity index is 841. The van der Waals surface area contributed by atoms with Crippen LogP contribution >= 0.6 is 0 Å². The van der Waals surface area contributed by atoms with Crippen molar-refractivity contribution in [3.8, 4) is 5.75 Å². The molecule has 318 valence electrons. The van der Waals surface area contributed by atoms with Gasteiger partial charge in [-0.1, -0.05) is 51.9 Å². The van der Waals surface area contributed by atoms with Crippen molar-refractivity contribution in [2.45, 2.75) is 58.3 Å². The van der Waals surface area contributed by atoms with Crippen LogP contribution in [0, 0.1) is 0 Å². The van der Waals surface area contributed by atoms with E-state index < -0.39 is 0 Å². The van der Waals surface area contributed by atoms with Crippen molar-refractivity contribution < 1.29 is 61.6 Å². The molecule has 0 unspecified atom stereocenters. The fraction of sp³-hybridized carbons (Fsp3) is 0.850. The summed E-state index contributed by atoms with van der Waals surface area (Å²) in [6.45, 7) is 15.7. The van der Waals surface area contributed by atoms with Crippen LogP contribution in [0.5, 0.6) is 5.75 Å². The van der Waals surface area contributed by atoms with Crippen molar-refractivity contribution in [1.82, 2.24) is 0 Å². The molecule has 0 saturated heterocycles. The summed E-state index contributed by atoms with van der Waals surface area (Å²) in [6.07, 6.45) is 10.5. The van der Waals surface area contributed by atoms with Crippen molar-refractivity contribution in [2.24, 2.45) is 0 Å². The zero-order chi connectivity index (χ0) is 38.5. The second kappa shape index (κ2) is 44.1. The van der Waals surface area contributed by atoms with E-state index in [9.17, 15) is 0 Å². The Morgan fingerprint density at radius 3 is 0.833 bits per heavy atom. The van der Waals surface area contributed by atoms with Gasteiger partial charge in [0.05, 0.1) is 152 Å². The van der Waals surface area contributed by atoms with Gasteiger partial charge in [0.2, 0.25) is 0 Å². The fourth-order valence-corrected chi connectivity index (χ4v) is 4.64. The molecular weight excluding hydrogens is 702 g/mol. The van der Waals surface area contributed by atoms with Gasteiger partial charge in [-0.05, 0) is 30.7 Å². The number of nitrogen functional groups attached to an aromatic ring is 1. The Morgan fingerprint density at radius 1 is 0.296 bits per heavy atom. The molecule has 1 aromatic rings. The van der Waals surface area contributed by atoms with Crippen LogP contribution in [0.4, 0.5) is 5.69 Å². The van der Waals surface area contributed by atoms with E-state index in [4.69, 9.17) is 67.3 Å². The molecule has 1 aromatic carbocycles. The fourth-order valence-electron chi connectivity index (χ4n) is 4.64. The Hall–Kier alpha value is -1.66. The molecule has 54 heavy (non-hydrogen) atoms. The first-order chi connectivity index (χ1) is 26.8. The van der Waals surface area contributed by atoms with Crippen LogP contribution in [-0.2, 0) is 56.8 Å². The highest BCUT2D eigenvalue weighted by Gasteiger charge is 1.98. The summed E-state index contributed by atoms with van der Waals surface area (Å²) >= 11 is 0. The average Bonchev–Trinajstić information content (AvgIpc) is 3.18. The number of anilines is 1. The highest BCUT2D eigenvalue weighted by Crippen LogP contribution is 2.12. The minimum atomic E-state index is 0.475. The minimum absolute atomic E-state index is 0.475. The van der Waals surface area contributed by atoms with Gasteiger partial charge in [0, 0.05) is 12.3 Å². The maximum Gasteiger partial charge on any atom is 0.119 e. The van der Waals surface area contributed by atoms with Crippen molar-refractivity contribution in [3.63, 3.8) is 0 Å². The van der Waals surface area contributed by atoms with Gasteiger partial charge in [0.1, 0.15) is 12.4 Å². The lowest BCUT2D eigenvalue weighted by Crippen LogP contribution is -2.15. The van der Waals surface area contributed by atoms with E-state index in [0.29, 0.717) is 164 Å². The molecule has 0 bridgehead atoms. The normalized spacial score (nSPS) is 11.5. The number of benzene rings is 1. The molecule has 0 radical (unpaired) electrons. The number of nitrogens with two attached hydrogens (primary N) is 1. The number of ether oxygens (including phenoxy) is 13. The molecule has 0 amide bonds. The third-order valence-corrected chi connectivity index (χ3v) is 7.61. The van der Waals surface area contributed by atoms with Gasteiger partial charge in [-0.25, -0.2) is 0 Å². The second-order valence-electron chi connectivity index (χ2n) is 12.2. The lowest BCUT2D eigenvalue weighted by Gasteiger charge is -2.09. The second-order valence-corrected chi connectivity index (χ2v) is 12.2. The van der Waals surface area contributed by atoms with Gasteiger partial charge in [0.15, 0.2) is 0 Å². The van der Waals surface area contributed by atoms with E-state index in [1.165, 1.54) is 44.9 Å². The predicted octanol–water partition coefficient (Wildman–Crippen LogP) is 4.99. The van der Waals surface area contributed by atoms with Crippen LogP contribution in [0.15, 0.2) is 24.3 Å². The molecule has 0 aliphatic rings. The zero-order valence-corrected chi connectivity index (χ0v) is 33.5. The third-order valence-electron chi connectivity index (χ3n) is 7.61. The average molecular weight is 778 g/mol. The summed E-state index contributed by atoms with van der Waals surface area (Å²) in [4.78, 5) is 0. The van der Waals surface area contributed by atoms with Crippen molar-refractivity contribution in [3.05, 3.63) is 24.3 Å². The summed E-state index contributed by atoms with van der Waals surface area (Å²) < 4.78 is 71.7. The van der Waals surface area contributed by atoms with E-state index in [-0.39, 0.29) is 0 Å². The smallest absolute Gasteiger partial charge is 0.119 e. The molecule has 2 N–H and O–H groups in total. The van der Waals surface area contributed by atoms with Crippen LogP contribution < -0.4 is 10.5 Å². The van der Waals surface area contributed by atoms with Crippen molar-refractivity contribution in [2.75, 3.05) is 171 Å².